The van der Waals surface area contributed by atoms with Gasteiger partial charge in [0.25, 0.3) is 0 Å². The lowest BCUT2D eigenvalue weighted by molar-refractivity contribution is 0.147. The summed E-state index contributed by atoms with van der Waals surface area (Å²) in [7, 11) is 2.21. The highest BCUT2D eigenvalue weighted by Gasteiger charge is 2.38. The Labute approximate surface area is 99.0 Å². The fourth-order valence-corrected chi connectivity index (χ4v) is 3.02. The van der Waals surface area contributed by atoms with Crippen LogP contribution in [0.25, 0.3) is 0 Å². The first-order valence-electron chi connectivity index (χ1n) is 6.72. The van der Waals surface area contributed by atoms with E-state index in [2.05, 4.69) is 11.9 Å². The molecular weight excluding hydrogens is 200 g/mol. The Morgan fingerprint density at radius 2 is 2.12 bits per heavy atom. The molecule has 2 aliphatic carbocycles. The Morgan fingerprint density at radius 3 is 2.75 bits per heavy atom. The topological polar surface area (TPSA) is 49.5 Å². The number of aliphatic hydroxyl groups excluding tert-OH is 1. The third-order valence-electron chi connectivity index (χ3n) is 4.43. The number of rotatable bonds is 6. The van der Waals surface area contributed by atoms with Gasteiger partial charge in [-0.25, -0.2) is 0 Å². The van der Waals surface area contributed by atoms with E-state index in [0.29, 0.717) is 5.92 Å². The molecule has 94 valence electrons. The lowest BCUT2D eigenvalue weighted by atomic mass is 9.86. The zero-order valence-corrected chi connectivity index (χ0v) is 10.5. The van der Waals surface area contributed by atoms with E-state index in [-0.39, 0.29) is 12.1 Å². The summed E-state index contributed by atoms with van der Waals surface area (Å²) < 4.78 is 0. The lowest BCUT2D eigenvalue weighted by Crippen LogP contribution is -2.47. The summed E-state index contributed by atoms with van der Waals surface area (Å²) in [5, 5.41) is 9.38. The number of aliphatic hydroxyl groups is 1. The second-order valence-electron chi connectivity index (χ2n) is 5.97. The zero-order chi connectivity index (χ0) is 11.6. The molecule has 16 heavy (non-hydrogen) atoms. The average molecular weight is 226 g/mol. The lowest BCUT2D eigenvalue weighted by Gasteiger charge is -2.30. The maximum absolute atomic E-state index is 9.38. The normalized spacial score (nSPS) is 34.9. The van der Waals surface area contributed by atoms with Gasteiger partial charge in [-0.15, -0.1) is 0 Å². The van der Waals surface area contributed by atoms with Gasteiger partial charge in [-0.2, -0.15) is 0 Å². The van der Waals surface area contributed by atoms with Crippen LogP contribution in [0.4, 0.5) is 0 Å². The molecule has 2 unspecified atom stereocenters. The number of hydrogen-bond donors (Lipinski definition) is 2. The van der Waals surface area contributed by atoms with Crippen LogP contribution in [0.1, 0.15) is 38.5 Å². The van der Waals surface area contributed by atoms with Crippen molar-refractivity contribution in [2.45, 2.75) is 44.1 Å². The summed E-state index contributed by atoms with van der Waals surface area (Å²) >= 11 is 0. The summed E-state index contributed by atoms with van der Waals surface area (Å²) in [4.78, 5) is 2.44. The predicted molar refractivity (Wildman–Crippen MR) is 66.2 cm³/mol. The Morgan fingerprint density at radius 1 is 1.38 bits per heavy atom. The maximum atomic E-state index is 9.38. The van der Waals surface area contributed by atoms with Crippen molar-refractivity contribution in [3.63, 3.8) is 0 Å². The van der Waals surface area contributed by atoms with Crippen molar-refractivity contribution in [3.8, 4) is 0 Å². The van der Waals surface area contributed by atoms with E-state index in [1.165, 1.54) is 32.2 Å². The van der Waals surface area contributed by atoms with Crippen LogP contribution in [0.5, 0.6) is 0 Å². The number of nitrogens with zero attached hydrogens (tertiary/aromatic N) is 1. The van der Waals surface area contributed by atoms with Crippen molar-refractivity contribution in [2.24, 2.45) is 17.6 Å². The van der Waals surface area contributed by atoms with E-state index in [4.69, 9.17) is 5.73 Å². The van der Waals surface area contributed by atoms with Crippen LogP contribution >= 0.6 is 0 Å². The van der Waals surface area contributed by atoms with Gasteiger partial charge in [0.2, 0.25) is 0 Å². The van der Waals surface area contributed by atoms with Gasteiger partial charge in [-0.1, -0.05) is 6.42 Å². The van der Waals surface area contributed by atoms with Crippen molar-refractivity contribution in [3.05, 3.63) is 0 Å². The van der Waals surface area contributed by atoms with E-state index < -0.39 is 0 Å². The standard InChI is InChI=1S/C13H26N2O/c1-15(9-11-4-5-11)8-6-12-3-2-7-13(12,14)10-16/h11-12,16H,2-10,14H2,1H3. The van der Waals surface area contributed by atoms with Crippen LogP contribution in [-0.2, 0) is 0 Å². The summed E-state index contributed by atoms with van der Waals surface area (Å²) in [6.07, 6.45) is 7.39. The molecule has 0 aromatic heterocycles. The van der Waals surface area contributed by atoms with Gasteiger partial charge in [0.05, 0.1) is 6.61 Å². The second kappa shape index (κ2) is 5.03. The molecule has 2 atom stereocenters. The third-order valence-corrected chi connectivity index (χ3v) is 4.43. The molecule has 0 spiro atoms. The van der Waals surface area contributed by atoms with Crippen LogP contribution in [-0.4, -0.2) is 42.3 Å². The fraction of sp³-hybridized carbons (Fsp3) is 1.00. The zero-order valence-electron chi connectivity index (χ0n) is 10.5. The Kier molecular flexibility index (Phi) is 3.88. The van der Waals surface area contributed by atoms with Crippen LogP contribution in [0.2, 0.25) is 0 Å². The van der Waals surface area contributed by atoms with Crippen molar-refractivity contribution < 1.29 is 5.11 Å². The van der Waals surface area contributed by atoms with Crippen LogP contribution in [0.15, 0.2) is 0 Å². The molecule has 0 aliphatic heterocycles. The minimum Gasteiger partial charge on any atom is -0.394 e. The molecule has 0 bridgehead atoms. The first-order valence-corrected chi connectivity index (χ1v) is 6.72. The highest BCUT2D eigenvalue weighted by Crippen LogP contribution is 2.36. The number of hydrogen-bond acceptors (Lipinski definition) is 3. The summed E-state index contributed by atoms with van der Waals surface area (Å²) in [6, 6.07) is 0. The van der Waals surface area contributed by atoms with E-state index in [0.717, 1.165) is 25.3 Å². The van der Waals surface area contributed by atoms with E-state index in [1.807, 2.05) is 0 Å². The molecule has 0 radical (unpaired) electrons. The molecule has 3 nitrogen and oxygen atoms in total. The van der Waals surface area contributed by atoms with Crippen LogP contribution in [0, 0.1) is 11.8 Å². The molecule has 0 amide bonds. The molecular formula is C13H26N2O. The first kappa shape index (κ1) is 12.3. The maximum Gasteiger partial charge on any atom is 0.0613 e. The number of nitrogens with two attached hydrogens (primary N) is 1. The van der Waals surface area contributed by atoms with Gasteiger partial charge in [-0.05, 0) is 57.5 Å². The minimum atomic E-state index is -0.277. The van der Waals surface area contributed by atoms with Crippen molar-refractivity contribution in [2.75, 3.05) is 26.7 Å². The van der Waals surface area contributed by atoms with Crippen molar-refractivity contribution >= 4 is 0 Å². The molecule has 0 heterocycles. The molecule has 2 fully saturated rings. The molecule has 3 heteroatoms. The molecule has 2 aliphatic rings. The van der Waals surface area contributed by atoms with E-state index >= 15 is 0 Å². The van der Waals surface area contributed by atoms with Gasteiger partial charge in [0.15, 0.2) is 0 Å². The second-order valence-corrected chi connectivity index (χ2v) is 5.97. The molecule has 0 aromatic carbocycles. The molecule has 0 aromatic rings. The van der Waals surface area contributed by atoms with Gasteiger partial charge in [0, 0.05) is 12.1 Å². The molecule has 0 saturated heterocycles. The smallest absolute Gasteiger partial charge is 0.0613 e. The Balaban J connectivity index is 1.71. The summed E-state index contributed by atoms with van der Waals surface area (Å²) in [5.41, 5.74) is 5.96. The van der Waals surface area contributed by atoms with Gasteiger partial charge >= 0.3 is 0 Å². The molecule has 3 N–H and O–H groups in total. The van der Waals surface area contributed by atoms with E-state index in [9.17, 15) is 5.11 Å². The van der Waals surface area contributed by atoms with Crippen molar-refractivity contribution in [1.29, 1.82) is 0 Å². The fourth-order valence-electron chi connectivity index (χ4n) is 3.02. The third kappa shape index (κ3) is 2.96. The Hall–Kier alpha value is -0.120. The van der Waals surface area contributed by atoms with E-state index in [1.54, 1.807) is 0 Å². The average Bonchev–Trinajstić information content (AvgIpc) is 2.99. The summed E-state index contributed by atoms with van der Waals surface area (Å²) in [5.74, 6) is 1.49. The van der Waals surface area contributed by atoms with Gasteiger partial charge in [0.1, 0.15) is 0 Å². The molecule has 2 saturated carbocycles. The summed E-state index contributed by atoms with van der Waals surface area (Å²) in [6.45, 7) is 2.55. The van der Waals surface area contributed by atoms with Crippen LogP contribution in [0.3, 0.4) is 0 Å². The predicted octanol–water partition coefficient (Wildman–Crippen LogP) is 1.21. The van der Waals surface area contributed by atoms with Gasteiger partial charge in [-0.3, -0.25) is 0 Å². The van der Waals surface area contributed by atoms with Crippen molar-refractivity contribution in [1.82, 2.24) is 4.90 Å². The minimum absolute atomic E-state index is 0.157. The first-order chi connectivity index (χ1) is 7.64. The SMILES string of the molecule is CN(CCC1CCCC1(N)CO)CC1CC1. The highest BCUT2D eigenvalue weighted by atomic mass is 16.3. The largest absolute Gasteiger partial charge is 0.394 e. The van der Waals surface area contributed by atoms with Gasteiger partial charge < -0.3 is 15.7 Å². The molecule has 2 rings (SSSR count). The van der Waals surface area contributed by atoms with Crippen LogP contribution < -0.4 is 5.73 Å². The Bertz CT molecular complexity index is 230. The quantitative estimate of drug-likeness (QED) is 0.715. The highest BCUT2D eigenvalue weighted by molar-refractivity contribution is 4.96. The monoisotopic (exact) mass is 226 g/mol.